The van der Waals surface area contributed by atoms with Gasteiger partial charge in [-0.25, -0.2) is 13.1 Å². The molecule has 0 saturated heterocycles. The Balaban J connectivity index is 1.46. The minimum atomic E-state index is -3.48. The smallest absolute Gasteiger partial charge is 0.240 e. The van der Waals surface area contributed by atoms with Crippen molar-refractivity contribution in [1.82, 2.24) is 20.3 Å². The van der Waals surface area contributed by atoms with Crippen molar-refractivity contribution in [3.63, 3.8) is 0 Å². The van der Waals surface area contributed by atoms with Crippen LogP contribution in [0.4, 0.5) is 5.69 Å². The Morgan fingerprint density at radius 2 is 1.89 bits per heavy atom. The zero-order valence-electron chi connectivity index (χ0n) is 16.2. The Labute approximate surface area is 164 Å². The third kappa shape index (κ3) is 5.52. The fourth-order valence-corrected chi connectivity index (χ4v) is 3.60. The van der Waals surface area contributed by atoms with Crippen molar-refractivity contribution in [1.29, 1.82) is 0 Å². The molecule has 1 fully saturated rings. The maximum absolute atomic E-state index is 12.1. The maximum atomic E-state index is 12.1. The third-order valence-corrected chi connectivity index (χ3v) is 5.65. The standard InChI is InChI=1S/C18H25N5O4S/c1-18(2,3)17-19-16(27-22-17)11-10-15(24)21-20-12-6-8-14(9-7-12)28(25,26)23-13-4-5-13/h6-9,13,20,23H,4-5,10-11H2,1-3H3,(H,21,24). The zero-order chi connectivity index (χ0) is 20.4. The number of aromatic nitrogens is 2. The van der Waals surface area contributed by atoms with Crippen molar-refractivity contribution in [2.45, 2.75) is 62.8 Å². The normalized spacial score (nSPS) is 14.7. The molecule has 3 rings (SSSR count). The van der Waals surface area contributed by atoms with Crippen LogP contribution < -0.4 is 15.6 Å². The first kappa shape index (κ1) is 20.3. The van der Waals surface area contributed by atoms with Crippen molar-refractivity contribution in [2.75, 3.05) is 5.43 Å². The Morgan fingerprint density at radius 3 is 2.46 bits per heavy atom. The van der Waals surface area contributed by atoms with Crippen LogP contribution in [0, 0.1) is 0 Å². The maximum Gasteiger partial charge on any atom is 0.240 e. The molecule has 0 unspecified atom stereocenters. The van der Waals surface area contributed by atoms with Crippen molar-refractivity contribution in [2.24, 2.45) is 0 Å². The van der Waals surface area contributed by atoms with Gasteiger partial charge >= 0.3 is 0 Å². The van der Waals surface area contributed by atoms with Crippen LogP contribution in [0.3, 0.4) is 0 Å². The van der Waals surface area contributed by atoms with E-state index in [-0.39, 0.29) is 28.7 Å². The van der Waals surface area contributed by atoms with Gasteiger partial charge in [0.05, 0.1) is 10.6 Å². The van der Waals surface area contributed by atoms with E-state index in [2.05, 4.69) is 25.7 Å². The molecule has 152 valence electrons. The molecule has 1 saturated carbocycles. The highest BCUT2D eigenvalue weighted by Crippen LogP contribution is 2.22. The lowest BCUT2D eigenvalue weighted by atomic mass is 9.96. The Hall–Kier alpha value is -2.46. The van der Waals surface area contributed by atoms with Gasteiger partial charge in [0.2, 0.25) is 21.8 Å². The molecule has 1 aliphatic carbocycles. The molecule has 28 heavy (non-hydrogen) atoms. The number of nitrogens with one attached hydrogen (secondary N) is 3. The summed E-state index contributed by atoms with van der Waals surface area (Å²) in [4.78, 5) is 16.5. The molecule has 2 aromatic rings. The molecule has 10 heteroatoms. The van der Waals surface area contributed by atoms with Crippen LogP contribution in [0.15, 0.2) is 33.7 Å². The van der Waals surface area contributed by atoms with Gasteiger partial charge in [0, 0.05) is 24.3 Å². The van der Waals surface area contributed by atoms with Gasteiger partial charge in [-0.1, -0.05) is 25.9 Å². The second-order valence-corrected chi connectivity index (χ2v) is 9.57. The summed E-state index contributed by atoms with van der Waals surface area (Å²) in [6.45, 7) is 5.95. The second-order valence-electron chi connectivity index (χ2n) is 7.85. The van der Waals surface area contributed by atoms with Crippen LogP contribution >= 0.6 is 0 Å². The minimum Gasteiger partial charge on any atom is -0.339 e. The molecule has 1 aliphatic rings. The number of amides is 1. The highest BCUT2D eigenvalue weighted by Gasteiger charge is 2.27. The first-order valence-electron chi connectivity index (χ1n) is 9.14. The molecule has 0 radical (unpaired) electrons. The summed E-state index contributed by atoms with van der Waals surface area (Å²) in [6, 6.07) is 6.22. The number of anilines is 1. The van der Waals surface area contributed by atoms with E-state index >= 15 is 0 Å². The van der Waals surface area contributed by atoms with Crippen molar-refractivity contribution < 1.29 is 17.7 Å². The average molecular weight is 407 g/mol. The Morgan fingerprint density at radius 1 is 1.21 bits per heavy atom. The van der Waals surface area contributed by atoms with Crippen LogP contribution in [0.25, 0.3) is 0 Å². The largest absolute Gasteiger partial charge is 0.339 e. The molecule has 0 aliphatic heterocycles. The number of rotatable bonds is 8. The molecule has 1 aromatic carbocycles. The predicted molar refractivity (Wildman–Crippen MR) is 103 cm³/mol. The van der Waals surface area contributed by atoms with Gasteiger partial charge in [-0.2, -0.15) is 4.98 Å². The monoisotopic (exact) mass is 407 g/mol. The molecule has 3 N–H and O–H groups in total. The van der Waals surface area contributed by atoms with E-state index in [0.717, 1.165) is 12.8 Å². The molecule has 1 amide bonds. The summed E-state index contributed by atoms with van der Waals surface area (Å²) in [5.41, 5.74) is 5.69. The van der Waals surface area contributed by atoms with Gasteiger partial charge in [-0.05, 0) is 37.1 Å². The number of hydrogen-bond acceptors (Lipinski definition) is 7. The van der Waals surface area contributed by atoms with Gasteiger partial charge in [-0.15, -0.1) is 0 Å². The summed E-state index contributed by atoms with van der Waals surface area (Å²) in [5, 5.41) is 3.92. The molecule has 1 heterocycles. The summed E-state index contributed by atoms with van der Waals surface area (Å²) in [5.74, 6) is 0.771. The lowest BCUT2D eigenvalue weighted by Crippen LogP contribution is -2.29. The first-order valence-corrected chi connectivity index (χ1v) is 10.6. The molecule has 0 bridgehead atoms. The number of hydrogen-bond donors (Lipinski definition) is 3. The molecular formula is C18H25N5O4S. The van der Waals surface area contributed by atoms with Crippen LogP contribution in [0.1, 0.15) is 51.7 Å². The zero-order valence-corrected chi connectivity index (χ0v) is 17.0. The molecule has 9 nitrogen and oxygen atoms in total. The van der Waals surface area contributed by atoms with Crippen LogP contribution in [0.5, 0.6) is 0 Å². The second kappa shape index (κ2) is 7.88. The number of aryl methyl sites for hydroxylation is 1. The van der Waals surface area contributed by atoms with Crippen LogP contribution in [-0.4, -0.2) is 30.5 Å². The Kier molecular flexibility index (Phi) is 5.71. The lowest BCUT2D eigenvalue weighted by molar-refractivity contribution is -0.120. The highest BCUT2D eigenvalue weighted by atomic mass is 32.2. The number of hydrazine groups is 1. The van der Waals surface area contributed by atoms with Crippen molar-refractivity contribution in [3.05, 3.63) is 36.0 Å². The van der Waals surface area contributed by atoms with Crippen LogP contribution in [0.2, 0.25) is 0 Å². The lowest BCUT2D eigenvalue weighted by Gasteiger charge is -2.11. The molecule has 1 aromatic heterocycles. The fourth-order valence-electron chi connectivity index (χ4n) is 2.29. The van der Waals surface area contributed by atoms with Gasteiger partial charge in [0.15, 0.2) is 5.82 Å². The van der Waals surface area contributed by atoms with E-state index in [1.807, 2.05) is 20.8 Å². The molecule has 0 atom stereocenters. The van der Waals surface area contributed by atoms with E-state index in [1.54, 1.807) is 12.1 Å². The van der Waals surface area contributed by atoms with Gasteiger partial charge in [0.25, 0.3) is 0 Å². The molecular weight excluding hydrogens is 382 g/mol. The quantitative estimate of drug-likeness (QED) is 0.570. The van der Waals surface area contributed by atoms with Crippen molar-refractivity contribution in [3.8, 4) is 0 Å². The number of nitrogens with zero attached hydrogens (tertiary/aromatic N) is 2. The number of carbonyl (C=O) groups is 1. The van der Waals surface area contributed by atoms with Crippen LogP contribution in [-0.2, 0) is 26.7 Å². The van der Waals surface area contributed by atoms with Crippen molar-refractivity contribution >= 4 is 21.6 Å². The SMILES string of the molecule is CC(C)(C)c1noc(CCC(=O)NNc2ccc(S(=O)(=O)NC3CC3)cc2)n1. The predicted octanol–water partition coefficient (Wildman–Crippen LogP) is 1.88. The number of sulfonamides is 1. The minimum absolute atomic E-state index is 0.0559. The van der Waals surface area contributed by atoms with Gasteiger partial charge < -0.3 is 4.52 Å². The topological polar surface area (TPSA) is 126 Å². The summed E-state index contributed by atoms with van der Waals surface area (Å²) in [6.07, 6.45) is 2.27. The van der Waals surface area contributed by atoms with E-state index in [4.69, 9.17) is 4.52 Å². The van der Waals surface area contributed by atoms with E-state index < -0.39 is 10.0 Å². The van der Waals surface area contributed by atoms with E-state index in [1.165, 1.54) is 12.1 Å². The summed E-state index contributed by atoms with van der Waals surface area (Å²) >= 11 is 0. The summed E-state index contributed by atoms with van der Waals surface area (Å²) in [7, 11) is -3.48. The van der Waals surface area contributed by atoms with Gasteiger partial charge in [0.1, 0.15) is 0 Å². The fraction of sp³-hybridized carbons (Fsp3) is 0.500. The first-order chi connectivity index (χ1) is 13.1. The number of carbonyl (C=O) groups excluding carboxylic acids is 1. The average Bonchev–Trinajstić information content (AvgIpc) is 3.29. The third-order valence-electron chi connectivity index (χ3n) is 4.11. The summed E-state index contributed by atoms with van der Waals surface area (Å²) < 4.78 is 32.0. The highest BCUT2D eigenvalue weighted by molar-refractivity contribution is 7.89. The van der Waals surface area contributed by atoms with E-state index in [9.17, 15) is 13.2 Å². The van der Waals surface area contributed by atoms with E-state index in [0.29, 0.717) is 23.8 Å². The molecule has 0 spiro atoms. The Bertz CT molecular complexity index is 928. The number of benzene rings is 1. The van der Waals surface area contributed by atoms with Gasteiger partial charge in [-0.3, -0.25) is 15.6 Å².